The summed E-state index contributed by atoms with van der Waals surface area (Å²) in [6.07, 6.45) is 0. The molecule has 0 fully saturated rings. The van der Waals surface area contributed by atoms with Gasteiger partial charge in [0.1, 0.15) is 0 Å². The normalized spacial score (nSPS) is 11.5. The van der Waals surface area contributed by atoms with Gasteiger partial charge in [-0.05, 0) is 49.2 Å². The smallest absolute Gasteiger partial charge is 0.321 e. The van der Waals surface area contributed by atoms with Gasteiger partial charge in [-0.1, -0.05) is 18.2 Å². The fourth-order valence-electron chi connectivity index (χ4n) is 1.99. The van der Waals surface area contributed by atoms with Crippen molar-refractivity contribution in [1.82, 2.24) is 0 Å². The summed E-state index contributed by atoms with van der Waals surface area (Å²) in [5, 5.41) is 2.38. The van der Waals surface area contributed by atoms with Crippen LogP contribution >= 0.6 is 0 Å². The van der Waals surface area contributed by atoms with Crippen molar-refractivity contribution in [2.24, 2.45) is 0 Å². The SMILES string of the molecule is Cc1ccc(C(=O)Nc2ccccc2S(=O)(=O)C(F)F)cc1C. The van der Waals surface area contributed by atoms with Gasteiger partial charge in [0.15, 0.2) is 0 Å². The Bertz CT molecular complexity index is 848. The van der Waals surface area contributed by atoms with Crippen molar-refractivity contribution in [1.29, 1.82) is 0 Å². The summed E-state index contributed by atoms with van der Waals surface area (Å²) in [6, 6.07) is 10.1. The maximum Gasteiger partial charge on any atom is 0.341 e. The van der Waals surface area contributed by atoms with Crippen LogP contribution in [0, 0.1) is 13.8 Å². The number of benzene rings is 2. The molecular formula is C16H15F2NO3S. The van der Waals surface area contributed by atoms with E-state index in [0.717, 1.165) is 17.2 Å². The minimum atomic E-state index is -4.80. The molecule has 0 unspecified atom stereocenters. The van der Waals surface area contributed by atoms with Crippen molar-refractivity contribution in [3.8, 4) is 0 Å². The Morgan fingerprint density at radius 1 is 1.04 bits per heavy atom. The molecule has 0 aliphatic rings. The van der Waals surface area contributed by atoms with Crippen LogP contribution in [0.1, 0.15) is 21.5 Å². The number of hydrogen-bond acceptors (Lipinski definition) is 3. The van der Waals surface area contributed by atoms with E-state index in [1.54, 1.807) is 18.2 Å². The molecular weight excluding hydrogens is 324 g/mol. The van der Waals surface area contributed by atoms with E-state index in [-0.39, 0.29) is 5.69 Å². The molecule has 122 valence electrons. The summed E-state index contributed by atoms with van der Waals surface area (Å²) in [5.41, 5.74) is 2.04. The van der Waals surface area contributed by atoms with Crippen molar-refractivity contribution in [3.63, 3.8) is 0 Å². The van der Waals surface area contributed by atoms with Gasteiger partial charge in [0.05, 0.1) is 10.6 Å². The quantitative estimate of drug-likeness (QED) is 0.926. The van der Waals surface area contributed by atoms with E-state index >= 15 is 0 Å². The van der Waals surface area contributed by atoms with Crippen LogP contribution < -0.4 is 5.32 Å². The second-order valence-electron chi connectivity index (χ2n) is 5.05. The van der Waals surface area contributed by atoms with Gasteiger partial charge in [-0.15, -0.1) is 0 Å². The summed E-state index contributed by atoms with van der Waals surface area (Å²) >= 11 is 0. The number of aryl methyl sites for hydroxylation is 2. The van der Waals surface area contributed by atoms with Crippen LogP contribution in [0.2, 0.25) is 0 Å². The third kappa shape index (κ3) is 3.56. The molecule has 1 N–H and O–H groups in total. The molecule has 0 saturated heterocycles. The Labute approximate surface area is 133 Å². The van der Waals surface area contributed by atoms with E-state index in [2.05, 4.69) is 5.32 Å². The van der Waals surface area contributed by atoms with Crippen LogP contribution in [0.25, 0.3) is 0 Å². The number of amides is 1. The zero-order valence-corrected chi connectivity index (χ0v) is 13.3. The van der Waals surface area contributed by atoms with Gasteiger partial charge in [0, 0.05) is 5.56 Å². The molecule has 23 heavy (non-hydrogen) atoms. The highest BCUT2D eigenvalue weighted by Crippen LogP contribution is 2.26. The van der Waals surface area contributed by atoms with Crippen LogP contribution in [-0.4, -0.2) is 20.1 Å². The number of carbonyl (C=O) groups is 1. The van der Waals surface area contributed by atoms with Crippen molar-refractivity contribution in [2.45, 2.75) is 24.5 Å². The second kappa shape index (κ2) is 6.45. The Morgan fingerprint density at radius 2 is 1.70 bits per heavy atom. The fraction of sp³-hybridized carbons (Fsp3) is 0.188. The number of sulfone groups is 1. The van der Waals surface area contributed by atoms with Crippen LogP contribution in [0.15, 0.2) is 47.4 Å². The number of nitrogens with one attached hydrogen (secondary N) is 1. The highest BCUT2D eigenvalue weighted by molar-refractivity contribution is 7.91. The van der Waals surface area contributed by atoms with Crippen molar-refractivity contribution >= 4 is 21.4 Å². The molecule has 0 aliphatic carbocycles. The molecule has 7 heteroatoms. The van der Waals surface area contributed by atoms with E-state index in [0.29, 0.717) is 5.56 Å². The first kappa shape index (κ1) is 17.1. The van der Waals surface area contributed by atoms with Gasteiger partial charge in [0.25, 0.3) is 5.91 Å². The molecule has 2 aromatic rings. The van der Waals surface area contributed by atoms with Gasteiger partial charge in [-0.2, -0.15) is 8.78 Å². The van der Waals surface area contributed by atoms with Crippen LogP contribution in [0.5, 0.6) is 0 Å². The average Bonchev–Trinajstić information content (AvgIpc) is 2.50. The molecule has 0 atom stereocenters. The maximum atomic E-state index is 12.7. The number of halogens is 2. The highest BCUT2D eigenvalue weighted by atomic mass is 32.2. The van der Waals surface area contributed by atoms with Crippen LogP contribution in [0.3, 0.4) is 0 Å². The van der Waals surface area contributed by atoms with E-state index in [4.69, 9.17) is 0 Å². The molecule has 0 bridgehead atoms. The fourth-order valence-corrected chi connectivity index (χ4v) is 2.88. The van der Waals surface area contributed by atoms with E-state index < -0.39 is 26.4 Å². The summed E-state index contributed by atoms with van der Waals surface area (Å²) in [7, 11) is -4.80. The average molecular weight is 339 g/mol. The van der Waals surface area contributed by atoms with Gasteiger partial charge in [0.2, 0.25) is 9.84 Å². The lowest BCUT2D eigenvalue weighted by Gasteiger charge is -2.12. The number of alkyl halides is 2. The van der Waals surface area contributed by atoms with Crippen LogP contribution in [0.4, 0.5) is 14.5 Å². The predicted molar refractivity (Wildman–Crippen MR) is 83.5 cm³/mol. The number of hydrogen-bond donors (Lipinski definition) is 1. The number of anilines is 1. The predicted octanol–water partition coefficient (Wildman–Crippen LogP) is 3.55. The number of rotatable bonds is 4. The summed E-state index contributed by atoms with van der Waals surface area (Å²) in [5.74, 6) is -4.12. The number of para-hydroxylation sites is 1. The summed E-state index contributed by atoms with van der Waals surface area (Å²) < 4.78 is 48.8. The first-order chi connectivity index (χ1) is 10.7. The van der Waals surface area contributed by atoms with Crippen molar-refractivity contribution < 1.29 is 22.0 Å². The molecule has 0 aromatic heterocycles. The van der Waals surface area contributed by atoms with Gasteiger partial charge in [-0.25, -0.2) is 8.42 Å². The lowest BCUT2D eigenvalue weighted by molar-refractivity contribution is 0.102. The lowest BCUT2D eigenvalue weighted by Crippen LogP contribution is -2.18. The Morgan fingerprint density at radius 3 is 2.30 bits per heavy atom. The molecule has 0 radical (unpaired) electrons. The maximum absolute atomic E-state index is 12.7. The third-order valence-corrected chi connectivity index (χ3v) is 4.88. The van der Waals surface area contributed by atoms with Gasteiger partial charge < -0.3 is 5.32 Å². The second-order valence-corrected chi connectivity index (χ2v) is 6.94. The van der Waals surface area contributed by atoms with Gasteiger partial charge in [-0.3, -0.25) is 4.79 Å². The van der Waals surface area contributed by atoms with Crippen molar-refractivity contribution in [3.05, 3.63) is 59.2 Å². The van der Waals surface area contributed by atoms with E-state index in [1.807, 2.05) is 13.8 Å². The molecule has 1 amide bonds. The first-order valence-electron chi connectivity index (χ1n) is 6.73. The van der Waals surface area contributed by atoms with Gasteiger partial charge >= 0.3 is 5.76 Å². The zero-order chi connectivity index (χ0) is 17.2. The molecule has 0 heterocycles. The molecule has 0 aliphatic heterocycles. The minimum Gasteiger partial charge on any atom is -0.321 e. The topological polar surface area (TPSA) is 63.2 Å². The largest absolute Gasteiger partial charge is 0.341 e. The van der Waals surface area contributed by atoms with E-state index in [1.165, 1.54) is 18.2 Å². The molecule has 2 rings (SSSR count). The highest BCUT2D eigenvalue weighted by Gasteiger charge is 2.29. The molecule has 2 aromatic carbocycles. The van der Waals surface area contributed by atoms with Crippen LogP contribution in [-0.2, 0) is 9.84 Å². The third-order valence-electron chi connectivity index (χ3n) is 3.45. The van der Waals surface area contributed by atoms with Crippen molar-refractivity contribution in [2.75, 3.05) is 5.32 Å². The molecule has 0 saturated carbocycles. The monoisotopic (exact) mass is 339 g/mol. The summed E-state index contributed by atoms with van der Waals surface area (Å²) in [4.78, 5) is 11.6. The molecule has 4 nitrogen and oxygen atoms in total. The first-order valence-corrected chi connectivity index (χ1v) is 8.28. The number of carbonyl (C=O) groups excluding carboxylic acids is 1. The standard InChI is InChI=1S/C16H15F2NO3S/c1-10-7-8-12(9-11(10)2)15(20)19-13-5-3-4-6-14(13)23(21,22)16(17)18/h3-9,16H,1-2H3,(H,19,20). The zero-order valence-electron chi connectivity index (χ0n) is 12.5. The Balaban J connectivity index is 2.37. The summed E-state index contributed by atoms with van der Waals surface area (Å²) in [6.45, 7) is 3.73. The minimum absolute atomic E-state index is 0.170. The Hall–Kier alpha value is -2.28. The van der Waals surface area contributed by atoms with E-state index in [9.17, 15) is 22.0 Å². The molecule has 0 spiro atoms. The Kier molecular flexibility index (Phi) is 4.79. The lowest BCUT2D eigenvalue weighted by atomic mass is 10.1.